The summed E-state index contributed by atoms with van der Waals surface area (Å²) in [5, 5.41) is 14.0. The second kappa shape index (κ2) is 10.0. The minimum absolute atomic E-state index is 0.0827. The Balaban J connectivity index is 1.43. The number of amides is 1. The van der Waals surface area contributed by atoms with Crippen LogP contribution < -0.4 is 5.32 Å². The summed E-state index contributed by atoms with van der Waals surface area (Å²) in [5.74, 6) is 0.341. The average Bonchev–Trinajstić information content (AvgIpc) is 3.30. The zero-order chi connectivity index (χ0) is 19.9. The van der Waals surface area contributed by atoms with Gasteiger partial charge < -0.3 is 15.3 Å². The molecule has 2 heterocycles. The van der Waals surface area contributed by atoms with Crippen molar-refractivity contribution in [3.05, 3.63) is 47.0 Å². The number of carbonyl (C=O) groups excluding carboxylic acids is 1. The Hall–Kier alpha value is -1.90. The molecular formula is C20H25N3O3S2. The van der Waals surface area contributed by atoms with E-state index in [-0.39, 0.29) is 17.6 Å². The fraction of sp³-hybridized carbons (Fsp3) is 0.450. The Morgan fingerprint density at radius 2 is 2.21 bits per heavy atom. The van der Waals surface area contributed by atoms with Crippen LogP contribution in [0.25, 0.3) is 0 Å². The standard InChI is InChI=1S/C20H25N3O3S2/c1-14(15-5-3-2-4-6-15)11-21-12-16-7-8-18(24)23(16)9-10-27-20-22-17(13-28-20)19(25)26/h2-6,13-14,16,21H,7-12H2,1H3,(H,25,26). The molecule has 3 rings (SSSR count). The quantitative estimate of drug-likeness (QED) is 0.575. The van der Waals surface area contributed by atoms with Crippen LogP contribution >= 0.6 is 23.1 Å². The van der Waals surface area contributed by atoms with Gasteiger partial charge in [-0.25, -0.2) is 9.78 Å². The predicted octanol–water partition coefficient (Wildman–Crippen LogP) is 3.32. The highest BCUT2D eigenvalue weighted by atomic mass is 32.2. The van der Waals surface area contributed by atoms with E-state index in [4.69, 9.17) is 5.11 Å². The van der Waals surface area contributed by atoms with Crippen LogP contribution in [0.4, 0.5) is 0 Å². The molecule has 1 amide bonds. The minimum atomic E-state index is -1.01. The number of carboxylic acids is 1. The highest BCUT2D eigenvalue weighted by molar-refractivity contribution is 8.01. The van der Waals surface area contributed by atoms with E-state index in [2.05, 4.69) is 41.5 Å². The smallest absolute Gasteiger partial charge is 0.355 e. The Kier molecular flexibility index (Phi) is 7.47. The number of hydrogen-bond donors (Lipinski definition) is 2. The lowest BCUT2D eigenvalue weighted by Crippen LogP contribution is -2.41. The van der Waals surface area contributed by atoms with Crippen molar-refractivity contribution in [1.29, 1.82) is 0 Å². The van der Waals surface area contributed by atoms with Gasteiger partial charge in [0, 0.05) is 43.2 Å². The molecule has 1 fully saturated rings. The highest BCUT2D eigenvalue weighted by Gasteiger charge is 2.30. The molecule has 0 bridgehead atoms. The molecule has 28 heavy (non-hydrogen) atoms. The van der Waals surface area contributed by atoms with Gasteiger partial charge in [0.25, 0.3) is 0 Å². The third-order valence-electron chi connectivity index (χ3n) is 4.91. The lowest BCUT2D eigenvalue weighted by atomic mass is 10.0. The maximum atomic E-state index is 12.2. The number of nitrogens with one attached hydrogen (secondary N) is 1. The molecule has 0 saturated carbocycles. The summed E-state index contributed by atoms with van der Waals surface area (Å²) in [6.07, 6.45) is 1.49. The van der Waals surface area contributed by atoms with Gasteiger partial charge in [-0.3, -0.25) is 4.79 Å². The van der Waals surface area contributed by atoms with Crippen LogP contribution in [-0.4, -0.2) is 58.3 Å². The van der Waals surface area contributed by atoms with E-state index in [1.807, 2.05) is 11.0 Å². The van der Waals surface area contributed by atoms with Crippen molar-refractivity contribution in [2.75, 3.05) is 25.4 Å². The zero-order valence-corrected chi connectivity index (χ0v) is 17.5. The first-order chi connectivity index (χ1) is 13.5. The number of benzene rings is 1. The van der Waals surface area contributed by atoms with Gasteiger partial charge in [0.05, 0.1) is 0 Å². The molecule has 0 spiro atoms. The summed E-state index contributed by atoms with van der Waals surface area (Å²) in [5.41, 5.74) is 1.40. The number of carboxylic acid groups (broad SMARTS) is 1. The number of nitrogens with zero attached hydrogens (tertiary/aromatic N) is 2. The second-order valence-electron chi connectivity index (χ2n) is 6.90. The fourth-order valence-corrected chi connectivity index (χ4v) is 5.14. The number of thiazole rings is 1. The minimum Gasteiger partial charge on any atom is -0.476 e. The van der Waals surface area contributed by atoms with E-state index in [0.29, 0.717) is 18.9 Å². The van der Waals surface area contributed by atoms with Gasteiger partial charge in [0.2, 0.25) is 5.91 Å². The summed E-state index contributed by atoms with van der Waals surface area (Å²) in [6, 6.07) is 10.7. The normalized spacial score (nSPS) is 17.8. The number of carbonyl (C=O) groups is 2. The number of aromatic carboxylic acids is 1. The summed E-state index contributed by atoms with van der Waals surface area (Å²) in [4.78, 5) is 29.2. The lowest BCUT2D eigenvalue weighted by Gasteiger charge is -2.25. The number of likely N-dealkylation sites (tertiary alicyclic amines) is 1. The van der Waals surface area contributed by atoms with E-state index >= 15 is 0 Å². The van der Waals surface area contributed by atoms with Gasteiger partial charge in [-0.2, -0.15) is 0 Å². The molecule has 6 nitrogen and oxygen atoms in total. The SMILES string of the molecule is CC(CNCC1CCC(=O)N1CCSc1nc(C(=O)O)cs1)c1ccccc1. The van der Waals surface area contributed by atoms with Crippen molar-refractivity contribution in [3.63, 3.8) is 0 Å². The van der Waals surface area contributed by atoms with Crippen LogP contribution in [0.2, 0.25) is 0 Å². The summed E-state index contributed by atoms with van der Waals surface area (Å²) in [7, 11) is 0. The molecule has 0 radical (unpaired) electrons. The fourth-order valence-electron chi connectivity index (χ4n) is 3.33. The molecule has 1 aromatic carbocycles. The lowest BCUT2D eigenvalue weighted by molar-refractivity contribution is -0.128. The molecule has 0 aliphatic carbocycles. The van der Waals surface area contributed by atoms with Gasteiger partial charge in [-0.05, 0) is 17.9 Å². The summed E-state index contributed by atoms with van der Waals surface area (Å²) in [6.45, 7) is 4.55. The highest BCUT2D eigenvalue weighted by Crippen LogP contribution is 2.25. The monoisotopic (exact) mass is 419 g/mol. The molecule has 1 aromatic heterocycles. The molecule has 1 aliphatic heterocycles. The van der Waals surface area contributed by atoms with Crippen molar-refractivity contribution in [2.45, 2.75) is 36.1 Å². The molecule has 2 atom stereocenters. The van der Waals surface area contributed by atoms with E-state index in [1.54, 1.807) is 5.38 Å². The van der Waals surface area contributed by atoms with Gasteiger partial charge in [-0.1, -0.05) is 49.0 Å². The largest absolute Gasteiger partial charge is 0.476 e. The predicted molar refractivity (Wildman–Crippen MR) is 112 cm³/mol. The summed E-state index contributed by atoms with van der Waals surface area (Å²) >= 11 is 2.84. The number of hydrogen-bond acceptors (Lipinski definition) is 6. The van der Waals surface area contributed by atoms with Crippen LogP contribution in [0, 0.1) is 0 Å². The van der Waals surface area contributed by atoms with Crippen LogP contribution in [-0.2, 0) is 4.79 Å². The van der Waals surface area contributed by atoms with Crippen LogP contribution in [0.15, 0.2) is 40.1 Å². The number of thioether (sulfide) groups is 1. The molecule has 150 valence electrons. The first-order valence-electron chi connectivity index (χ1n) is 9.41. The average molecular weight is 420 g/mol. The van der Waals surface area contributed by atoms with Crippen molar-refractivity contribution in [2.24, 2.45) is 0 Å². The first kappa shape index (κ1) is 20.8. The number of rotatable bonds is 10. The van der Waals surface area contributed by atoms with Crippen molar-refractivity contribution in [1.82, 2.24) is 15.2 Å². The summed E-state index contributed by atoms with van der Waals surface area (Å²) < 4.78 is 0.732. The number of aromatic nitrogens is 1. The molecule has 8 heteroatoms. The van der Waals surface area contributed by atoms with E-state index in [1.165, 1.54) is 28.7 Å². The first-order valence-corrected chi connectivity index (χ1v) is 11.3. The van der Waals surface area contributed by atoms with Crippen LogP contribution in [0.1, 0.15) is 41.7 Å². The van der Waals surface area contributed by atoms with Crippen LogP contribution in [0.3, 0.4) is 0 Å². The van der Waals surface area contributed by atoms with Crippen LogP contribution in [0.5, 0.6) is 0 Å². The maximum absolute atomic E-state index is 12.2. The molecule has 1 saturated heterocycles. The van der Waals surface area contributed by atoms with Crippen molar-refractivity contribution >= 4 is 35.0 Å². The Morgan fingerprint density at radius 3 is 2.93 bits per heavy atom. The third-order valence-corrected chi connectivity index (χ3v) is 6.91. The Bertz CT molecular complexity index is 797. The molecule has 2 aromatic rings. The van der Waals surface area contributed by atoms with E-state index < -0.39 is 5.97 Å². The van der Waals surface area contributed by atoms with Gasteiger partial charge in [-0.15, -0.1) is 11.3 Å². The Morgan fingerprint density at radius 1 is 1.43 bits per heavy atom. The molecule has 1 aliphatic rings. The molecule has 2 unspecified atom stereocenters. The zero-order valence-electron chi connectivity index (χ0n) is 15.8. The van der Waals surface area contributed by atoms with Gasteiger partial charge in [0.1, 0.15) is 0 Å². The van der Waals surface area contributed by atoms with Gasteiger partial charge in [0.15, 0.2) is 10.0 Å². The molecule has 2 N–H and O–H groups in total. The molecular weight excluding hydrogens is 394 g/mol. The van der Waals surface area contributed by atoms with Gasteiger partial charge >= 0.3 is 5.97 Å². The van der Waals surface area contributed by atoms with Crippen molar-refractivity contribution < 1.29 is 14.7 Å². The van der Waals surface area contributed by atoms with E-state index in [9.17, 15) is 9.59 Å². The van der Waals surface area contributed by atoms with E-state index in [0.717, 1.165) is 29.6 Å². The van der Waals surface area contributed by atoms with Crippen molar-refractivity contribution in [3.8, 4) is 0 Å². The topological polar surface area (TPSA) is 82.5 Å². The third kappa shape index (κ3) is 5.56. The second-order valence-corrected chi connectivity index (χ2v) is 9.10. The maximum Gasteiger partial charge on any atom is 0.355 e. The Labute approximate surface area is 173 Å².